The van der Waals surface area contributed by atoms with E-state index in [0.717, 1.165) is 75.1 Å². The number of hydrogen-bond acceptors (Lipinski definition) is 4. The van der Waals surface area contributed by atoms with Crippen molar-refractivity contribution in [3.63, 3.8) is 0 Å². The first-order chi connectivity index (χ1) is 27.5. The molecule has 0 aromatic rings. The quantitative estimate of drug-likeness (QED) is 0.119. The van der Waals surface area contributed by atoms with E-state index < -0.39 is 0 Å². The van der Waals surface area contributed by atoms with Crippen LogP contribution in [0.4, 0.5) is 0 Å². The number of piperazine rings is 1. The molecule has 3 aliphatic carbocycles. The first kappa shape index (κ1) is 48.5. The Balaban J connectivity index is 0.771. The Bertz CT molecular complexity index is 991. The molecule has 6 aliphatic rings. The summed E-state index contributed by atoms with van der Waals surface area (Å²) in [4.78, 5) is 5.78. The third kappa shape index (κ3) is 15.6. The Labute approximate surface area is 387 Å². The zero-order chi connectivity index (χ0) is 40.3. The minimum absolute atomic E-state index is 0.256. The fourth-order valence-corrected chi connectivity index (χ4v) is 23.2. The maximum absolute atomic E-state index is 2.94. The van der Waals surface area contributed by atoms with Crippen molar-refractivity contribution in [3.05, 3.63) is 0 Å². The van der Waals surface area contributed by atoms with E-state index in [-0.39, 0.29) is 43.0 Å². The van der Waals surface area contributed by atoms with Crippen LogP contribution in [0.2, 0.25) is 0 Å². The van der Waals surface area contributed by atoms with E-state index in [4.69, 9.17) is 0 Å². The summed E-state index contributed by atoms with van der Waals surface area (Å²) in [5.41, 5.74) is 0. The minimum atomic E-state index is 0.256. The van der Waals surface area contributed by atoms with Gasteiger partial charge >= 0.3 is 391 Å². The molecule has 3 saturated carbocycles. The van der Waals surface area contributed by atoms with Gasteiger partial charge in [-0.05, 0) is 0 Å². The second-order valence-corrected chi connectivity index (χ2v) is 33.2. The predicted molar refractivity (Wildman–Crippen MR) is 235 cm³/mol. The third-order valence-electron chi connectivity index (χ3n) is 17.0. The molecule has 0 aromatic carbocycles. The van der Waals surface area contributed by atoms with E-state index in [2.05, 4.69) is 71.4 Å². The molecule has 0 N–H and O–H groups in total. The van der Waals surface area contributed by atoms with Crippen LogP contribution < -0.4 is 64.2 Å². The van der Waals surface area contributed by atoms with Gasteiger partial charge in [-0.15, -0.1) is 0 Å². The van der Waals surface area contributed by atoms with Crippen molar-refractivity contribution in [1.82, 2.24) is 16.0 Å². The summed E-state index contributed by atoms with van der Waals surface area (Å²) in [5.74, 6) is 7.71. The molecule has 7 heteroatoms. The molecule has 0 spiro atoms. The van der Waals surface area contributed by atoms with E-state index in [1.165, 1.54) is 142 Å². The normalized spacial score (nSPS) is 34.0. The molecule has 0 bridgehead atoms. The molecule has 3 saturated heterocycles. The van der Waals surface area contributed by atoms with Gasteiger partial charge in [-0.1, -0.05) is 0 Å². The number of rotatable bonds is 18. The van der Waals surface area contributed by atoms with Crippen LogP contribution in [0.15, 0.2) is 0 Å². The number of hydrogen-bond donors (Lipinski definition) is 0. The van der Waals surface area contributed by atoms with Crippen molar-refractivity contribution in [2.75, 3.05) is 52.4 Å². The first-order valence-electron chi connectivity index (χ1n) is 25.4. The number of alkyl halides is 4. The Kier molecular flexibility index (Phi) is 21.2. The standard InChI is InChI=1S/C50H94I3N4/c1-37(2)43-13-21-49(22-14-43)53-57-35-33-55(34-36-57)42(8)12-10-39(5)45-15-19-47(20-16-45)51-48-27-29-54(30-28-48)41(7)11-9-40(6)46-17-23-50(24-18-46)52-56-31-25-44(26-32-56)38(3)4/h37-50H,9-36H2,1-8H3/q-3. The molecule has 6 rings (SSSR count). The van der Waals surface area contributed by atoms with E-state index >= 15 is 0 Å². The van der Waals surface area contributed by atoms with Crippen molar-refractivity contribution < 1.29 is 64.2 Å². The monoisotopic (exact) mass is 1130 g/mol. The SMILES string of the molecule is CC(C)C1CCC([I-]N2CCN(C(C)CCC(C)C3CCC([I-]C4CCN(C(C)CCC(C)C5CCC([I-]N6CCC(C(C)C)CC6)CC5)CC4)CC3)CC2)CC1. The molecule has 3 heterocycles. The predicted octanol–water partition coefficient (Wildman–Crippen LogP) is 2.48. The van der Waals surface area contributed by atoms with Gasteiger partial charge in [-0.3, -0.25) is 0 Å². The van der Waals surface area contributed by atoms with Crippen molar-refractivity contribution in [3.8, 4) is 0 Å². The van der Waals surface area contributed by atoms with Crippen LogP contribution in [0, 0.1) is 47.3 Å². The molecule has 4 atom stereocenters. The Morgan fingerprint density at radius 3 is 1.18 bits per heavy atom. The fraction of sp³-hybridized carbons (Fsp3) is 1.00. The second-order valence-electron chi connectivity index (χ2n) is 21.6. The van der Waals surface area contributed by atoms with E-state index in [1.807, 2.05) is 0 Å². The van der Waals surface area contributed by atoms with Crippen LogP contribution in [-0.2, 0) is 0 Å². The topological polar surface area (TPSA) is 13.0 Å². The van der Waals surface area contributed by atoms with Crippen LogP contribution in [0.5, 0.6) is 0 Å². The van der Waals surface area contributed by atoms with Crippen LogP contribution in [0.3, 0.4) is 0 Å². The molecule has 0 radical (unpaired) electrons. The van der Waals surface area contributed by atoms with Crippen LogP contribution in [0.25, 0.3) is 0 Å². The second kappa shape index (κ2) is 24.9. The molecular weight excluding hydrogens is 1040 g/mol. The summed E-state index contributed by atoms with van der Waals surface area (Å²) < 4.78 is 10.3. The molecule has 4 unspecified atom stereocenters. The summed E-state index contributed by atoms with van der Waals surface area (Å²) in [6.07, 6.45) is 30.3. The average Bonchev–Trinajstić information content (AvgIpc) is 3.23. The summed E-state index contributed by atoms with van der Waals surface area (Å²) in [6, 6.07) is 1.59. The first-order valence-corrected chi connectivity index (χ1v) is 32.3. The van der Waals surface area contributed by atoms with Gasteiger partial charge in [0.25, 0.3) is 0 Å². The Morgan fingerprint density at radius 1 is 0.351 bits per heavy atom. The van der Waals surface area contributed by atoms with Crippen molar-refractivity contribution in [1.29, 1.82) is 0 Å². The Morgan fingerprint density at radius 2 is 0.719 bits per heavy atom. The zero-order valence-electron chi connectivity index (χ0n) is 38.8. The van der Waals surface area contributed by atoms with Gasteiger partial charge in [0.05, 0.1) is 0 Å². The number of piperidine rings is 2. The molecule has 0 amide bonds. The summed E-state index contributed by atoms with van der Waals surface area (Å²) in [5, 5.41) is 0. The number of halogens is 3. The zero-order valence-corrected chi connectivity index (χ0v) is 45.3. The Hall–Kier alpha value is 2.03. The molecule has 4 nitrogen and oxygen atoms in total. The molecule has 0 aromatic heterocycles. The fourth-order valence-electron chi connectivity index (χ4n) is 12.2. The molecule has 6 fully saturated rings. The van der Waals surface area contributed by atoms with E-state index in [1.54, 1.807) is 38.5 Å². The number of likely N-dealkylation sites (tertiary alicyclic amines) is 1. The van der Waals surface area contributed by atoms with Crippen LogP contribution in [0.1, 0.15) is 184 Å². The van der Waals surface area contributed by atoms with Gasteiger partial charge in [0.15, 0.2) is 0 Å². The van der Waals surface area contributed by atoms with Crippen molar-refractivity contribution in [2.24, 2.45) is 47.3 Å². The molecule has 3 aliphatic heterocycles. The molecular formula is C50H94I3N4-3. The van der Waals surface area contributed by atoms with Crippen LogP contribution in [-0.4, -0.2) is 96.2 Å². The molecule has 57 heavy (non-hydrogen) atoms. The summed E-state index contributed by atoms with van der Waals surface area (Å²) in [7, 11) is 0. The van der Waals surface area contributed by atoms with Gasteiger partial charge in [0, 0.05) is 0 Å². The van der Waals surface area contributed by atoms with Gasteiger partial charge < -0.3 is 0 Å². The third-order valence-corrected chi connectivity index (χ3v) is 29.1. The van der Waals surface area contributed by atoms with Crippen molar-refractivity contribution in [2.45, 2.75) is 212 Å². The van der Waals surface area contributed by atoms with Gasteiger partial charge in [0.1, 0.15) is 0 Å². The van der Waals surface area contributed by atoms with Crippen molar-refractivity contribution >= 4 is 0 Å². The van der Waals surface area contributed by atoms with Gasteiger partial charge in [0.2, 0.25) is 0 Å². The number of nitrogens with zero attached hydrogens (tertiary/aromatic N) is 4. The molecule has 338 valence electrons. The van der Waals surface area contributed by atoms with Gasteiger partial charge in [-0.25, -0.2) is 0 Å². The van der Waals surface area contributed by atoms with E-state index in [9.17, 15) is 0 Å². The average molecular weight is 1130 g/mol. The summed E-state index contributed by atoms with van der Waals surface area (Å²) in [6.45, 7) is 31.2. The maximum atomic E-state index is 2.94. The van der Waals surface area contributed by atoms with E-state index in [0.29, 0.717) is 21.2 Å². The van der Waals surface area contributed by atoms with Gasteiger partial charge in [-0.2, -0.15) is 0 Å². The summed E-state index contributed by atoms with van der Waals surface area (Å²) >= 11 is 0.914. The van der Waals surface area contributed by atoms with Crippen LogP contribution >= 0.6 is 0 Å².